The summed E-state index contributed by atoms with van der Waals surface area (Å²) in [4.78, 5) is 0.920. The molecule has 2 N–H and O–H groups in total. The third-order valence-corrected chi connectivity index (χ3v) is 4.53. The van der Waals surface area contributed by atoms with Crippen LogP contribution in [0.15, 0.2) is 41.3 Å². The number of hydrogen-bond donors (Lipinski definition) is 1. The van der Waals surface area contributed by atoms with Gasteiger partial charge in [0.2, 0.25) is 0 Å². The predicted molar refractivity (Wildman–Crippen MR) is 81.9 cm³/mol. The van der Waals surface area contributed by atoms with Crippen molar-refractivity contribution in [1.82, 2.24) is 0 Å². The fourth-order valence-electron chi connectivity index (χ4n) is 1.47. The second-order valence-corrected chi connectivity index (χ2v) is 5.94. The first-order chi connectivity index (χ1) is 8.58. The Morgan fingerprint density at radius 1 is 1.00 bits per heavy atom. The van der Waals surface area contributed by atoms with Crippen molar-refractivity contribution >= 4 is 52.3 Å². The first kappa shape index (κ1) is 13.9. The van der Waals surface area contributed by atoms with Crippen molar-refractivity contribution in [1.29, 1.82) is 0 Å². The maximum Gasteiger partial charge on any atom is 0.0543 e. The maximum atomic E-state index is 6.11. The lowest BCUT2D eigenvalue weighted by Gasteiger charge is -2.09. The number of halogens is 3. The van der Waals surface area contributed by atoms with Gasteiger partial charge in [-0.3, -0.25) is 0 Å². The zero-order valence-electron chi connectivity index (χ0n) is 9.29. The van der Waals surface area contributed by atoms with Gasteiger partial charge >= 0.3 is 0 Å². The van der Waals surface area contributed by atoms with E-state index in [1.165, 1.54) is 0 Å². The molecule has 0 amide bonds. The number of thioether (sulfide) groups is 1. The molecule has 0 bridgehead atoms. The fraction of sp³-hybridized carbons (Fsp3) is 0.0769. The van der Waals surface area contributed by atoms with Gasteiger partial charge in [0.25, 0.3) is 0 Å². The number of hydrogen-bond acceptors (Lipinski definition) is 2. The van der Waals surface area contributed by atoms with Crippen LogP contribution in [0.3, 0.4) is 0 Å². The molecule has 18 heavy (non-hydrogen) atoms. The molecule has 0 aliphatic rings. The van der Waals surface area contributed by atoms with E-state index >= 15 is 0 Å². The van der Waals surface area contributed by atoms with Gasteiger partial charge in [-0.25, -0.2) is 0 Å². The Kier molecular flexibility index (Phi) is 4.68. The van der Waals surface area contributed by atoms with Crippen LogP contribution in [0.25, 0.3) is 0 Å². The van der Waals surface area contributed by atoms with Crippen LogP contribution >= 0.6 is 46.6 Å². The highest BCUT2D eigenvalue weighted by atomic mass is 35.5. The Labute approximate surface area is 125 Å². The van der Waals surface area contributed by atoms with E-state index in [0.29, 0.717) is 26.5 Å². The average Bonchev–Trinajstić information content (AvgIpc) is 2.33. The van der Waals surface area contributed by atoms with E-state index in [1.54, 1.807) is 23.9 Å². The Morgan fingerprint density at radius 2 is 1.78 bits per heavy atom. The monoisotopic (exact) mass is 317 g/mol. The smallest absolute Gasteiger partial charge is 0.0543 e. The number of nitrogen functional groups attached to an aromatic ring is 1. The lowest BCUT2D eigenvalue weighted by atomic mass is 10.2. The van der Waals surface area contributed by atoms with Gasteiger partial charge in [-0.05, 0) is 30.3 Å². The third kappa shape index (κ3) is 3.27. The Bertz CT molecular complexity index is 552. The van der Waals surface area contributed by atoms with E-state index in [9.17, 15) is 0 Å². The topological polar surface area (TPSA) is 26.0 Å². The van der Waals surface area contributed by atoms with Crippen molar-refractivity contribution in [3.05, 3.63) is 57.0 Å². The molecule has 0 aliphatic carbocycles. The Morgan fingerprint density at radius 3 is 2.50 bits per heavy atom. The Balaban J connectivity index is 2.19. The van der Waals surface area contributed by atoms with Crippen molar-refractivity contribution in [2.24, 2.45) is 0 Å². The van der Waals surface area contributed by atoms with Crippen LogP contribution < -0.4 is 5.73 Å². The summed E-state index contributed by atoms with van der Waals surface area (Å²) in [6.07, 6.45) is 0. The normalized spacial score (nSPS) is 10.6. The van der Waals surface area contributed by atoms with Crippen LogP contribution in [0, 0.1) is 0 Å². The predicted octanol–water partition coefficient (Wildman–Crippen LogP) is 5.52. The van der Waals surface area contributed by atoms with Gasteiger partial charge in [-0.1, -0.05) is 40.9 Å². The van der Waals surface area contributed by atoms with Crippen molar-refractivity contribution in [3.63, 3.8) is 0 Å². The molecule has 0 spiro atoms. The standard InChI is InChI=1S/C13H10Cl3NS/c14-8-4-5-11(16)13(6-8)18-7-9-10(15)2-1-3-12(9)17/h1-6H,7,17H2. The molecule has 1 nitrogen and oxygen atoms in total. The molecule has 0 aliphatic heterocycles. The second kappa shape index (κ2) is 6.07. The van der Waals surface area contributed by atoms with Crippen molar-refractivity contribution in [3.8, 4) is 0 Å². The molecule has 0 fully saturated rings. The lowest BCUT2D eigenvalue weighted by molar-refractivity contribution is 1.38. The molecular formula is C13H10Cl3NS. The van der Waals surface area contributed by atoms with Crippen LogP contribution in [0.1, 0.15) is 5.56 Å². The molecule has 2 rings (SSSR count). The molecule has 0 saturated heterocycles. The van der Waals surface area contributed by atoms with E-state index in [0.717, 1.165) is 10.5 Å². The molecule has 0 heterocycles. The van der Waals surface area contributed by atoms with Crippen molar-refractivity contribution in [2.75, 3.05) is 5.73 Å². The molecule has 0 atom stereocenters. The van der Waals surface area contributed by atoms with E-state index < -0.39 is 0 Å². The number of nitrogens with two attached hydrogens (primary N) is 1. The van der Waals surface area contributed by atoms with Crippen molar-refractivity contribution in [2.45, 2.75) is 10.6 Å². The average molecular weight is 319 g/mol. The van der Waals surface area contributed by atoms with Gasteiger partial charge in [0, 0.05) is 31.9 Å². The summed E-state index contributed by atoms with van der Waals surface area (Å²) in [7, 11) is 0. The molecule has 2 aromatic rings. The highest BCUT2D eigenvalue weighted by Crippen LogP contribution is 2.35. The molecule has 2 aromatic carbocycles. The zero-order valence-corrected chi connectivity index (χ0v) is 12.4. The minimum absolute atomic E-state index is 0.658. The molecule has 0 radical (unpaired) electrons. The Hall–Kier alpha value is -0.540. The largest absolute Gasteiger partial charge is 0.398 e. The number of benzene rings is 2. The molecule has 0 unspecified atom stereocenters. The summed E-state index contributed by atoms with van der Waals surface area (Å²) in [5.74, 6) is 0.658. The number of anilines is 1. The van der Waals surface area contributed by atoms with Crippen molar-refractivity contribution < 1.29 is 0 Å². The van der Waals surface area contributed by atoms with Gasteiger partial charge in [0.15, 0.2) is 0 Å². The third-order valence-electron chi connectivity index (χ3n) is 2.42. The first-order valence-corrected chi connectivity index (χ1v) is 7.30. The van der Waals surface area contributed by atoms with E-state index in [2.05, 4.69) is 0 Å². The van der Waals surface area contributed by atoms with Gasteiger partial charge < -0.3 is 5.73 Å². The molecule has 0 saturated carbocycles. The molecule has 0 aromatic heterocycles. The molecule has 5 heteroatoms. The van der Waals surface area contributed by atoms with Crippen LogP contribution in [0.4, 0.5) is 5.69 Å². The van der Waals surface area contributed by atoms with Crippen LogP contribution in [-0.2, 0) is 5.75 Å². The molecule has 94 valence electrons. The second-order valence-electron chi connectivity index (χ2n) is 3.67. The minimum Gasteiger partial charge on any atom is -0.398 e. The van der Waals surface area contributed by atoms with Crippen LogP contribution in [0.5, 0.6) is 0 Å². The van der Waals surface area contributed by atoms with E-state index in [4.69, 9.17) is 40.5 Å². The maximum absolute atomic E-state index is 6.11. The summed E-state index contributed by atoms with van der Waals surface area (Å²) in [5.41, 5.74) is 7.50. The van der Waals surface area contributed by atoms with Crippen LogP contribution in [-0.4, -0.2) is 0 Å². The molecular weight excluding hydrogens is 309 g/mol. The SMILES string of the molecule is Nc1cccc(Cl)c1CSc1cc(Cl)ccc1Cl. The quantitative estimate of drug-likeness (QED) is 0.595. The summed E-state index contributed by atoms with van der Waals surface area (Å²) >= 11 is 19.7. The van der Waals surface area contributed by atoms with Gasteiger partial charge in [0.1, 0.15) is 0 Å². The van der Waals surface area contributed by atoms with Gasteiger partial charge in [-0.15, -0.1) is 11.8 Å². The lowest BCUT2D eigenvalue weighted by Crippen LogP contribution is -1.93. The van der Waals surface area contributed by atoms with E-state index in [1.807, 2.05) is 24.3 Å². The minimum atomic E-state index is 0.658. The highest BCUT2D eigenvalue weighted by Gasteiger charge is 2.07. The number of rotatable bonds is 3. The summed E-state index contributed by atoms with van der Waals surface area (Å²) in [5, 5.41) is 2.00. The zero-order chi connectivity index (χ0) is 13.1. The fourth-order valence-corrected chi connectivity index (χ4v) is 3.35. The van der Waals surface area contributed by atoms with Gasteiger partial charge in [0.05, 0.1) is 5.02 Å². The van der Waals surface area contributed by atoms with E-state index in [-0.39, 0.29) is 0 Å². The van der Waals surface area contributed by atoms with Gasteiger partial charge in [-0.2, -0.15) is 0 Å². The summed E-state index contributed by atoms with van der Waals surface area (Å²) in [6, 6.07) is 10.9. The van der Waals surface area contributed by atoms with Crippen LogP contribution in [0.2, 0.25) is 15.1 Å². The highest BCUT2D eigenvalue weighted by molar-refractivity contribution is 7.98. The summed E-state index contributed by atoms with van der Waals surface area (Å²) in [6.45, 7) is 0. The first-order valence-electron chi connectivity index (χ1n) is 5.18. The summed E-state index contributed by atoms with van der Waals surface area (Å²) < 4.78 is 0.